The Morgan fingerprint density at radius 2 is 2.17 bits per heavy atom. The predicted octanol–water partition coefficient (Wildman–Crippen LogP) is 6.98. The van der Waals surface area contributed by atoms with Gasteiger partial charge < -0.3 is 15.0 Å². The van der Waals surface area contributed by atoms with Gasteiger partial charge in [0.05, 0.1) is 29.5 Å². The van der Waals surface area contributed by atoms with Crippen molar-refractivity contribution in [1.82, 2.24) is 19.7 Å². The molecule has 1 atom stereocenters. The standard InChI is InChI=1S/C30H29FN6O2S/c1-30(2,3)39-29(38)36-10-9-23-25(17-36)40-28-26(23)27(20(13-32)14-33-28)35-22-7-8-24-19(12-22)15-34-37(24)16-18-5-4-6-21(31)11-18/h4,6-8,11-12,14-15,18H,5,9-10,16-17H2,1-3H3,(H,33,35). The third kappa shape index (κ3) is 5.05. The van der Waals surface area contributed by atoms with Crippen molar-refractivity contribution in [3.8, 4) is 6.07 Å². The number of ether oxygens (including phenoxy) is 1. The Morgan fingerprint density at radius 3 is 2.95 bits per heavy atom. The first-order valence-electron chi connectivity index (χ1n) is 13.3. The fraction of sp³-hybridized carbons (Fsp3) is 0.333. The van der Waals surface area contributed by atoms with E-state index in [1.165, 1.54) is 6.08 Å². The highest BCUT2D eigenvalue weighted by molar-refractivity contribution is 7.19. The van der Waals surface area contributed by atoms with Crippen molar-refractivity contribution in [2.75, 3.05) is 11.9 Å². The lowest BCUT2D eigenvalue weighted by Crippen LogP contribution is -2.39. The van der Waals surface area contributed by atoms with Crippen LogP contribution in [0.5, 0.6) is 0 Å². The molecule has 4 aromatic rings. The first kappa shape index (κ1) is 26.0. The van der Waals surface area contributed by atoms with Crippen LogP contribution in [-0.4, -0.2) is 37.9 Å². The first-order valence-corrected chi connectivity index (χ1v) is 14.1. The molecule has 0 spiro atoms. The summed E-state index contributed by atoms with van der Waals surface area (Å²) in [6.45, 7) is 7.16. The van der Waals surface area contributed by atoms with Gasteiger partial charge in [-0.1, -0.05) is 6.08 Å². The summed E-state index contributed by atoms with van der Waals surface area (Å²) in [5.74, 6) is -0.144. The molecule has 0 fully saturated rings. The second-order valence-electron chi connectivity index (χ2n) is 11.2. The van der Waals surface area contributed by atoms with Crippen LogP contribution in [0, 0.1) is 17.2 Å². The fourth-order valence-electron chi connectivity index (χ4n) is 5.27. The van der Waals surface area contributed by atoms with Crippen LogP contribution in [0.1, 0.15) is 43.2 Å². The van der Waals surface area contributed by atoms with Gasteiger partial charge in [-0.15, -0.1) is 11.3 Å². The van der Waals surface area contributed by atoms with E-state index in [1.54, 1.807) is 28.5 Å². The zero-order chi connectivity index (χ0) is 28.0. The van der Waals surface area contributed by atoms with Crippen molar-refractivity contribution in [3.05, 3.63) is 70.7 Å². The van der Waals surface area contributed by atoms with Crippen molar-refractivity contribution < 1.29 is 13.9 Å². The second-order valence-corrected chi connectivity index (χ2v) is 12.3. The highest BCUT2D eigenvalue weighted by Gasteiger charge is 2.29. The number of carbonyl (C=O) groups is 1. The van der Waals surface area contributed by atoms with E-state index in [1.807, 2.05) is 55.9 Å². The fourth-order valence-corrected chi connectivity index (χ4v) is 6.48. The highest BCUT2D eigenvalue weighted by Crippen LogP contribution is 2.41. The third-order valence-electron chi connectivity index (χ3n) is 7.07. The zero-order valence-corrected chi connectivity index (χ0v) is 23.4. The molecule has 0 bridgehead atoms. The van der Waals surface area contributed by atoms with Crippen molar-refractivity contribution in [2.24, 2.45) is 5.92 Å². The Kier molecular flexibility index (Phi) is 6.55. The topological polar surface area (TPSA) is 96.1 Å². The molecule has 6 rings (SSSR count). The summed E-state index contributed by atoms with van der Waals surface area (Å²) in [5, 5.41) is 19.8. The third-order valence-corrected chi connectivity index (χ3v) is 8.19. The number of carbonyl (C=O) groups excluding carboxylic acids is 1. The average Bonchev–Trinajstić information content (AvgIpc) is 3.48. The van der Waals surface area contributed by atoms with Gasteiger partial charge in [0.15, 0.2) is 0 Å². The maximum atomic E-state index is 13.7. The van der Waals surface area contributed by atoms with Crippen molar-refractivity contribution in [1.29, 1.82) is 5.26 Å². The number of benzene rings is 1. The van der Waals surface area contributed by atoms with Gasteiger partial charge in [0.25, 0.3) is 0 Å². The molecular weight excluding hydrogens is 527 g/mol. The molecule has 1 aliphatic heterocycles. The van der Waals surface area contributed by atoms with Crippen LogP contribution in [0.3, 0.4) is 0 Å². The Balaban J connectivity index is 1.29. The number of fused-ring (bicyclic) bond motifs is 4. The molecule has 1 aromatic carbocycles. The molecule has 10 heteroatoms. The number of amides is 1. The van der Waals surface area contributed by atoms with Crippen LogP contribution in [0.2, 0.25) is 0 Å². The maximum absolute atomic E-state index is 13.7. The molecule has 1 amide bonds. The molecule has 40 heavy (non-hydrogen) atoms. The Bertz CT molecular complexity index is 1740. The minimum absolute atomic E-state index is 0.0604. The van der Waals surface area contributed by atoms with Gasteiger partial charge in [-0.2, -0.15) is 10.4 Å². The van der Waals surface area contributed by atoms with Crippen molar-refractivity contribution in [3.63, 3.8) is 0 Å². The van der Waals surface area contributed by atoms with Gasteiger partial charge in [-0.3, -0.25) is 4.68 Å². The monoisotopic (exact) mass is 556 g/mol. The number of nitrogens with zero attached hydrogens (tertiary/aromatic N) is 5. The largest absolute Gasteiger partial charge is 0.444 e. The second kappa shape index (κ2) is 10.1. The summed E-state index contributed by atoms with van der Waals surface area (Å²) < 4.78 is 21.2. The molecule has 0 saturated carbocycles. The summed E-state index contributed by atoms with van der Waals surface area (Å²) in [5.41, 5.74) is 3.52. The normalized spacial score (nSPS) is 17.0. The van der Waals surface area contributed by atoms with Crippen LogP contribution in [0.4, 0.5) is 20.6 Å². The molecule has 1 N–H and O–H groups in total. The van der Waals surface area contributed by atoms with E-state index in [0.29, 0.717) is 31.6 Å². The van der Waals surface area contributed by atoms with E-state index in [0.717, 1.165) is 49.4 Å². The average molecular weight is 557 g/mol. The summed E-state index contributed by atoms with van der Waals surface area (Å²) in [6, 6.07) is 8.25. The van der Waals surface area contributed by atoms with E-state index < -0.39 is 5.60 Å². The number of hydrogen-bond acceptors (Lipinski definition) is 7. The van der Waals surface area contributed by atoms with Crippen LogP contribution in [0.25, 0.3) is 21.1 Å². The van der Waals surface area contributed by atoms with Gasteiger partial charge in [0.1, 0.15) is 22.3 Å². The molecule has 0 radical (unpaired) electrons. The number of anilines is 2. The number of hydrogen-bond donors (Lipinski definition) is 1. The van der Waals surface area contributed by atoms with Gasteiger partial charge in [0.2, 0.25) is 0 Å². The van der Waals surface area contributed by atoms with E-state index in [2.05, 4.69) is 21.5 Å². The molecule has 8 nitrogen and oxygen atoms in total. The van der Waals surface area contributed by atoms with E-state index in [-0.39, 0.29) is 17.8 Å². The minimum Gasteiger partial charge on any atom is -0.444 e. The molecule has 2 aliphatic rings. The predicted molar refractivity (Wildman–Crippen MR) is 154 cm³/mol. The molecule has 4 heterocycles. The zero-order valence-electron chi connectivity index (χ0n) is 22.6. The molecule has 204 valence electrons. The lowest BCUT2D eigenvalue weighted by molar-refractivity contribution is 0.0227. The van der Waals surface area contributed by atoms with Crippen LogP contribution in [-0.2, 0) is 24.2 Å². The van der Waals surface area contributed by atoms with E-state index in [9.17, 15) is 14.4 Å². The van der Waals surface area contributed by atoms with Gasteiger partial charge >= 0.3 is 6.09 Å². The van der Waals surface area contributed by atoms with E-state index >= 15 is 0 Å². The number of aromatic nitrogens is 3. The highest BCUT2D eigenvalue weighted by atomic mass is 32.1. The maximum Gasteiger partial charge on any atom is 0.410 e. The van der Waals surface area contributed by atoms with Crippen LogP contribution < -0.4 is 5.32 Å². The SMILES string of the molecule is CC(C)(C)OC(=O)N1CCc2c(sc3ncc(C#N)c(Nc4ccc5c(cnn5CC5C=C(F)C=CC5)c4)c23)C1. The number of nitriles is 1. The van der Waals surface area contributed by atoms with Crippen molar-refractivity contribution in [2.45, 2.75) is 52.3 Å². The Morgan fingerprint density at radius 1 is 1.32 bits per heavy atom. The molecule has 1 unspecified atom stereocenters. The van der Waals surface area contributed by atoms with Gasteiger partial charge in [0, 0.05) is 46.5 Å². The smallest absolute Gasteiger partial charge is 0.410 e. The number of nitrogens with one attached hydrogen (secondary N) is 1. The first-order chi connectivity index (χ1) is 19.2. The summed E-state index contributed by atoms with van der Waals surface area (Å²) in [7, 11) is 0. The van der Waals surface area contributed by atoms with E-state index in [4.69, 9.17) is 4.74 Å². The Labute approximate surface area is 235 Å². The number of rotatable bonds is 4. The quantitative estimate of drug-likeness (QED) is 0.291. The molecule has 1 aliphatic carbocycles. The molecule has 3 aromatic heterocycles. The van der Waals surface area contributed by atoms with Crippen molar-refractivity contribution >= 4 is 49.9 Å². The number of pyridine rings is 1. The van der Waals surface area contributed by atoms with Gasteiger partial charge in [-0.05, 0) is 69.5 Å². The van der Waals surface area contributed by atoms with Gasteiger partial charge in [-0.25, -0.2) is 14.2 Å². The lowest BCUT2D eigenvalue weighted by atomic mass is 10.0. The molecular formula is C30H29FN6O2S. The summed E-state index contributed by atoms with van der Waals surface area (Å²) in [4.78, 5) is 20.9. The number of thiophene rings is 1. The lowest BCUT2D eigenvalue weighted by Gasteiger charge is -2.30. The van der Waals surface area contributed by atoms with Crippen LogP contribution in [0.15, 0.2) is 54.6 Å². The summed E-state index contributed by atoms with van der Waals surface area (Å²) >= 11 is 1.55. The molecule has 0 saturated heterocycles. The summed E-state index contributed by atoms with van der Waals surface area (Å²) in [6.07, 6.45) is 9.52. The number of halogens is 1. The Hall–Kier alpha value is -4.23. The number of allylic oxidation sites excluding steroid dienone is 4. The van der Waals surface area contributed by atoms with Crippen LogP contribution >= 0.6 is 11.3 Å². The minimum atomic E-state index is -0.558.